The topological polar surface area (TPSA) is 61.3 Å². The molecule has 0 fully saturated rings. The largest absolute Gasteiger partial charge is 0.462 e. The van der Waals surface area contributed by atoms with Crippen LogP contribution in [0.3, 0.4) is 0 Å². The second kappa shape index (κ2) is 12.6. The van der Waals surface area contributed by atoms with Crippen molar-refractivity contribution in [3.63, 3.8) is 0 Å². The summed E-state index contributed by atoms with van der Waals surface area (Å²) in [5.41, 5.74) is 6.72. The molecule has 0 unspecified atom stereocenters. The van der Waals surface area contributed by atoms with Crippen molar-refractivity contribution in [1.29, 1.82) is 0 Å². The number of aromatic nitrogens is 2. The molecule has 0 aliphatic rings. The first-order valence-electron chi connectivity index (χ1n) is 14.5. The Balaban J connectivity index is 1.69. The highest BCUT2D eigenvalue weighted by atomic mass is 35.5. The molecule has 2 heterocycles. The van der Waals surface area contributed by atoms with Crippen LogP contribution in [0.5, 0.6) is 0 Å². The summed E-state index contributed by atoms with van der Waals surface area (Å²) in [6, 6.07) is 22.0. The van der Waals surface area contributed by atoms with Crippen molar-refractivity contribution in [2.75, 3.05) is 6.61 Å². The zero-order valence-electron chi connectivity index (χ0n) is 26.0. The van der Waals surface area contributed by atoms with Crippen LogP contribution in [0.1, 0.15) is 58.8 Å². The van der Waals surface area contributed by atoms with Gasteiger partial charge in [-0.1, -0.05) is 53.5 Å². The fourth-order valence-electron chi connectivity index (χ4n) is 5.04. The van der Waals surface area contributed by atoms with E-state index in [1.165, 1.54) is 0 Å². The molecule has 8 heteroatoms. The highest BCUT2D eigenvalue weighted by Gasteiger charge is 2.31. The number of ether oxygens (including phenoxy) is 2. The lowest BCUT2D eigenvalue weighted by molar-refractivity contribution is -0.162. The van der Waals surface area contributed by atoms with Gasteiger partial charge in [0.25, 0.3) is 0 Å². The molecule has 1 atom stereocenters. The molecule has 0 aliphatic carbocycles. The number of fused-ring (bicyclic) bond motifs is 1. The predicted molar refractivity (Wildman–Crippen MR) is 182 cm³/mol. The van der Waals surface area contributed by atoms with Crippen molar-refractivity contribution in [2.45, 2.75) is 60.2 Å². The zero-order chi connectivity index (χ0) is 31.8. The summed E-state index contributed by atoms with van der Waals surface area (Å²) in [7, 11) is 0. The van der Waals surface area contributed by atoms with Crippen LogP contribution in [-0.4, -0.2) is 28.1 Å². The Kier molecular flexibility index (Phi) is 9.20. The second-order valence-corrected chi connectivity index (χ2v) is 14.7. The number of rotatable bonds is 7. The van der Waals surface area contributed by atoms with E-state index in [0.29, 0.717) is 10.2 Å². The molecule has 0 saturated heterocycles. The lowest BCUT2D eigenvalue weighted by Crippen LogP contribution is -2.30. The fourth-order valence-corrected chi connectivity index (χ4v) is 6.46. The van der Waals surface area contributed by atoms with Gasteiger partial charge in [-0.3, -0.25) is 4.79 Å². The van der Waals surface area contributed by atoms with E-state index in [1.54, 1.807) is 17.5 Å². The molecule has 0 spiro atoms. The number of thiazole rings is 1. The molecule has 228 valence electrons. The third-order valence-corrected chi connectivity index (χ3v) is 8.62. The average molecular weight is 648 g/mol. The quantitative estimate of drug-likeness (QED) is 0.130. The van der Waals surface area contributed by atoms with Gasteiger partial charge in [0.1, 0.15) is 22.9 Å². The predicted octanol–water partition coefficient (Wildman–Crippen LogP) is 10.8. The molecule has 0 aliphatic heterocycles. The van der Waals surface area contributed by atoms with Crippen molar-refractivity contribution in [3.8, 4) is 32.8 Å². The van der Waals surface area contributed by atoms with Crippen molar-refractivity contribution < 1.29 is 14.3 Å². The van der Waals surface area contributed by atoms with Gasteiger partial charge in [-0.2, -0.15) is 0 Å². The number of esters is 1. The Labute approximate surface area is 273 Å². The lowest BCUT2D eigenvalue weighted by atomic mass is 9.91. The maximum absolute atomic E-state index is 12.9. The molecule has 0 amide bonds. The Hall–Kier alpha value is -3.29. The molecule has 0 N–H and O–H groups in total. The summed E-state index contributed by atoms with van der Waals surface area (Å²) >= 11 is 14.1. The standard InChI is InChI=1S/C36H36Cl2N2O3S/c1-21-17-27-32(44-33(40-27)25-10-8-9-23(18-25)24-15-16-39-29(38)19-24)31(22-11-13-26(37)14-12-22)30(21)28(43-36(5,6)7)20-42-34(41)35(2,3)4/h8-19,28H,20H2,1-7H3/t28-/m1/s1. The van der Waals surface area contributed by atoms with Crippen LogP contribution in [0.2, 0.25) is 10.2 Å². The van der Waals surface area contributed by atoms with Crippen LogP contribution in [0.4, 0.5) is 0 Å². The highest BCUT2D eigenvalue weighted by Crippen LogP contribution is 2.45. The van der Waals surface area contributed by atoms with Crippen molar-refractivity contribution in [3.05, 3.63) is 94.2 Å². The number of nitrogens with zero attached hydrogens (tertiary/aromatic N) is 2. The summed E-state index contributed by atoms with van der Waals surface area (Å²) in [5.74, 6) is -0.276. The first kappa shape index (κ1) is 32.1. The van der Waals surface area contributed by atoms with Gasteiger partial charge in [-0.25, -0.2) is 9.97 Å². The van der Waals surface area contributed by atoms with E-state index >= 15 is 0 Å². The van der Waals surface area contributed by atoms with Crippen LogP contribution >= 0.6 is 34.5 Å². The zero-order valence-corrected chi connectivity index (χ0v) is 28.3. The van der Waals surface area contributed by atoms with E-state index in [-0.39, 0.29) is 12.6 Å². The highest BCUT2D eigenvalue weighted by molar-refractivity contribution is 7.22. The molecule has 0 saturated carbocycles. The number of halogens is 2. The van der Waals surface area contributed by atoms with Gasteiger partial charge < -0.3 is 9.47 Å². The van der Waals surface area contributed by atoms with Gasteiger partial charge in [-0.15, -0.1) is 11.3 Å². The van der Waals surface area contributed by atoms with Crippen molar-refractivity contribution in [2.24, 2.45) is 5.41 Å². The number of benzene rings is 3. The van der Waals surface area contributed by atoms with Gasteiger partial charge >= 0.3 is 5.97 Å². The second-order valence-electron chi connectivity index (χ2n) is 12.9. The molecule has 44 heavy (non-hydrogen) atoms. The van der Waals surface area contributed by atoms with E-state index in [1.807, 2.05) is 84.0 Å². The average Bonchev–Trinajstić information content (AvgIpc) is 3.37. The molecule has 5 rings (SSSR count). The molecule has 3 aromatic carbocycles. The molecular formula is C36H36Cl2N2O3S. The van der Waals surface area contributed by atoms with Crippen LogP contribution in [0, 0.1) is 12.3 Å². The third-order valence-electron chi connectivity index (χ3n) is 7.03. The van der Waals surface area contributed by atoms with E-state index in [0.717, 1.165) is 54.2 Å². The van der Waals surface area contributed by atoms with Crippen LogP contribution in [0.15, 0.2) is 72.9 Å². The first-order valence-corrected chi connectivity index (χ1v) is 16.0. The van der Waals surface area contributed by atoms with Crippen LogP contribution in [-0.2, 0) is 14.3 Å². The number of carbonyl (C=O) groups is 1. The Morgan fingerprint density at radius 3 is 2.23 bits per heavy atom. The van der Waals surface area contributed by atoms with E-state index in [2.05, 4.69) is 36.2 Å². The molecule has 5 nitrogen and oxygen atoms in total. The Bertz CT molecular complexity index is 1820. The fraction of sp³-hybridized carbons (Fsp3) is 0.306. The summed E-state index contributed by atoms with van der Waals surface area (Å²) in [5, 5.41) is 1.99. The van der Waals surface area contributed by atoms with E-state index in [9.17, 15) is 4.79 Å². The molecular weight excluding hydrogens is 611 g/mol. The van der Waals surface area contributed by atoms with Crippen molar-refractivity contribution >= 4 is 50.7 Å². The first-order chi connectivity index (χ1) is 20.7. The number of carbonyl (C=O) groups excluding carboxylic acids is 1. The summed E-state index contributed by atoms with van der Waals surface area (Å²) in [4.78, 5) is 22.1. The van der Waals surface area contributed by atoms with Gasteiger partial charge in [0, 0.05) is 22.3 Å². The monoisotopic (exact) mass is 646 g/mol. The van der Waals surface area contributed by atoms with Gasteiger partial charge in [0.15, 0.2) is 0 Å². The smallest absolute Gasteiger partial charge is 0.311 e. The summed E-state index contributed by atoms with van der Waals surface area (Å²) < 4.78 is 13.5. The Morgan fingerprint density at radius 1 is 0.886 bits per heavy atom. The summed E-state index contributed by atoms with van der Waals surface area (Å²) in [6.45, 7) is 13.7. The summed E-state index contributed by atoms with van der Waals surface area (Å²) in [6.07, 6.45) is 1.20. The number of hydrogen-bond donors (Lipinski definition) is 0. The van der Waals surface area contributed by atoms with Crippen LogP contribution < -0.4 is 0 Å². The lowest BCUT2D eigenvalue weighted by Gasteiger charge is -2.31. The van der Waals surface area contributed by atoms with Gasteiger partial charge in [-0.05, 0) is 113 Å². The number of pyridine rings is 1. The normalized spacial score (nSPS) is 12.8. The maximum Gasteiger partial charge on any atom is 0.311 e. The maximum atomic E-state index is 12.9. The minimum atomic E-state index is -0.632. The third kappa shape index (κ3) is 7.32. The SMILES string of the molecule is Cc1cc2nc(-c3cccc(-c4ccnc(Cl)c4)c3)sc2c(-c2ccc(Cl)cc2)c1[C@@H](COC(=O)C(C)(C)C)OC(C)(C)C. The van der Waals surface area contributed by atoms with Crippen LogP contribution in [0.25, 0.3) is 43.0 Å². The van der Waals surface area contributed by atoms with Crippen molar-refractivity contribution in [1.82, 2.24) is 9.97 Å². The minimum Gasteiger partial charge on any atom is -0.462 e. The number of hydrogen-bond acceptors (Lipinski definition) is 6. The Morgan fingerprint density at radius 2 is 1.57 bits per heavy atom. The molecule has 0 radical (unpaired) electrons. The van der Waals surface area contributed by atoms with Gasteiger partial charge in [0.05, 0.1) is 21.2 Å². The molecule has 0 bridgehead atoms. The minimum absolute atomic E-state index is 0.0858. The molecule has 2 aromatic heterocycles. The van der Waals surface area contributed by atoms with E-state index in [4.69, 9.17) is 37.7 Å². The van der Waals surface area contributed by atoms with Gasteiger partial charge in [0.2, 0.25) is 0 Å². The number of aryl methyl sites for hydroxylation is 1. The van der Waals surface area contributed by atoms with E-state index < -0.39 is 17.1 Å². The molecule has 5 aromatic rings.